The average Bonchev–Trinajstić information content (AvgIpc) is 3.09. The molecule has 0 saturated carbocycles. The number of benzene rings is 2. The standard InChI is InChI=1S/C21H22FNO/c1-16(7-8-17-5-3-2-4-6-17)23-15-20-13-14-21(24-20)18-9-11-19(22)12-10-18/h2-6,9-14,16,23H,7-8,15H2,1H3/t16-/m1/s1. The van der Waals surface area contributed by atoms with Gasteiger partial charge in [0.25, 0.3) is 0 Å². The maximum atomic E-state index is 13.0. The highest BCUT2D eigenvalue weighted by atomic mass is 19.1. The minimum atomic E-state index is -0.237. The van der Waals surface area contributed by atoms with E-state index in [2.05, 4.69) is 36.5 Å². The summed E-state index contributed by atoms with van der Waals surface area (Å²) < 4.78 is 18.8. The van der Waals surface area contributed by atoms with Crippen LogP contribution in [0.5, 0.6) is 0 Å². The Bertz CT molecular complexity index is 749. The van der Waals surface area contributed by atoms with Gasteiger partial charge >= 0.3 is 0 Å². The van der Waals surface area contributed by atoms with Gasteiger partial charge in [0.05, 0.1) is 6.54 Å². The highest BCUT2D eigenvalue weighted by Gasteiger charge is 2.07. The van der Waals surface area contributed by atoms with E-state index in [1.165, 1.54) is 17.7 Å². The second kappa shape index (κ2) is 7.93. The monoisotopic (exact) mass is 323 g/mol. The Morgan fingerprint density at radius 3 is 2.46 bits per heavy atom. The third kappa shape index (κ3) is 4.56. The zero-order valence-corrected chi connectivity index (χ0v) is 13.8. The van der Waals surface area contributed by atoms with Gasteiger partial charge in [-0.05, 0) is 61.7 Å². The summed E-state index contributed by atoms with van der Waals surface area (Å²) in [5, 5.41) is 3.49. The van der Waals surface area contributed by atoms with E-state index in [4.69, 9.17) is 4.42 Å². The molecular formula is C21H22FNO. The van der Waals surface area contributed by atoms with E-state index in [0.717, 1.165) is 29.9 Å². The van der Waals surface area contributed by atoms with Gasteiger partial charge in [-0.25, -0.2) is 4.39 Å². The number of nitrogens with one attached hydrogen (secondary N) is 1. The topological polar surface area (TPSA) is 25.2 Å². The largest absolute Gasteiger partial charge is 0.460 e. The Labute approximate surface area is 142 Å². The lowest BCUT2D eigenvalue weighted by atomic mass is 10.1. The lowest BCUT2D eigenvalue weighted by molar-refractivity contribution is 0.449. The van der Waals surface area contributed by atoms with Gasteiger partial charge in [0, 0.05) is 11.6 Å². The molecule has 1 aromatic heterocycles. The molecule has 0 aliphatic heterocycles. The van der Waals surface area contributed by atoms with Crippen LogP contribution in [-0.2, 0) is 13.0 Å². The maximum absolute atomic E-state index is 13.0. The zero-order chi connectivity index (χ0) is 16.8. The molecular weight excluding hydrogens is 301 g/mol. The van der Waals surface area contributed by atoms with E-state index in [1.807, 2.05) is 18.2 Å². The molecule has 0 bridgehead atoms. The van der Waals surface area contributed by atoms with Crippen molar-refractivity contribution in [1.82, 2.24) is 5.32 Å². The first-order valence-electron chi connectivity index (χ1n) is 8.32. The quantitative estimate of drug-likeness (QED) is 0.647. The van der Waals surface area contributed by atoms with Crippen molar-refractivity contribution in [3.63, 3.8) is 0 Å². The predicted octanol–water partition coefficient (Wildman–Crippen LogP) is 5.20. The summed E-state index contributed by atoms with van der Waals surface area (Å²) in [7, 11) is 0. The molecule has 2 nitrogen and oxygen atoms in total. The van der Waals surface area contributed by atoms with Crippen LogP contribution in [0.4, 0.5) is 4.39 Å². The number of rotatable bonds is 7. The highest BCUT2D eigenvalue weighted by Crippen LogP contribution is 2.22. The second-order valence-corrected chi connectivity index (χ2v) is 6.08. The molecule has 24 heavy (non-hydrogen) atoms. The fourth-order valence-corrected chi connectivity index (χ4v) is 2.65. The molecule has 0 fully saturated rings. The third-order valence-electron chi connectivity index (χ3n) is 4.12. The first kappa shape index (κ1) is 16.5. The summed E-state index contributed by atoms with van der Waals surface area (Å²) in [6.07, 6.45) is 2.14. The van der Waals surface area contributed by atoms with Gasteiger partial charge in [-0.1, -0.05) is 30.3 Å². The lowest BCUT2D eigenvalue weighted by Gasteiger charge is -2.12. The van der Waals surface area contributed by atoms with E-state index in [0.29, 0.717) is 12.6 Å². The molecule has 2 aromatic carbocycles. The minimum absolute atomic E-state index is 0.237. The molecule has 1 N–H and O–H groups in total. The van der Waals surface area contributed by atoms with Crippen molar-refractivity contribution in [2.45, 2.75) is 32.4 Å². The number of halogens is 1. The summed E-state index contributed by atoms with van der Waals surface area (Å²) in [6.45, 7) is 2.88. The molecule has 3 heteroatoms. The van der Waals surface area contributed by atoms with Crippen LogP contribution in [0.15, 0.2) is 71.1 Å². The van der Waals surface area contributed by atoms with Crippen LogP contribution in [0.25, 0.3) is 11.3 Å². The van der Waals surface area contributed by atoms with Crippen molar-refractivity contribution >= 4 is 0 Å². The third-order valence-corrected chi connectivity index (χ3v) is 4.12. The van der Waals surface area contributed by atoms with Gasteiger partial charge in [0.2, 0.25) is 0 Å². The summed E-state index contributed by atoms with van der Waals surface area (Å²) in [5.74, 6) is 1.42. The van der Waals surface area contributed by atoms with Crippen LogP contribution in [-0.4, -0.2) is 6.04 Å². The van der Waals surface area contributed by atoms with Gasteiger partial charge in [-0.15, -0.1) is 0 Å². The first-order chi connectivity index (χ1) is 11.7. The SMILES string of the molecule is C[C@H](CCc1ccccc1)NCc1ccc(-c2ccc(F)cc2)o1. The van der Waals surface area contributed by atoms with Crippen LogP contribution < -0.4 is 5.32 Å². The number of furan rings is 1. The van der Waals surface area contributed by atoms with Crippen LogP contribution in [0, 0.1) is 5.82 Å². The molecule has 124 valence electrons. The Kier molecular flexibility index (Phi) is 5.44. The molecule has 0 saturated heterocycles. The Morgan fingerprint density at radius 1 is 0.958 bits per heavy atom. The molecule has 0 unspecified atom stereocenters. The molecule has 0 amide bonds. The van der Waals surface area contributed by atoms with Gasteiger partial charge in [0.15, 0.2) is 0 Å². The Morgan fingerprint density at radius 2 is 1.71 bits per heavy atom. The smallest absolute Gasteiger partial charge is 0.134 e. The van der Waals surface area contributed by atoms with Crippen LogP contribution >= 0.6 is 0 Å². The summed E-state index contributed by atoms with van der Waals surface area (Å²) in [5.41, 5.74) is 2.25. The van der Waals surface area contributed by atoms with Crippen molar-refractivity contribution in [3.05, 3.63) is 83.9 Å². The van der Waals surface area contributed by atoms with Gasteiger partial charge in [0.1, 0.15) is 17.3 Å². The van der Waals surface area contributed by atoms with E-state index >= 15 is 0 Å². The number of aryl methyl sites for hydroxylation is 1. The normalized spacial score (nSPS) is 12.2. The second-order valence-electron chi connectivity index (χ2n) is 6.08. The average molecular weight is 323 g/mol. The maximum Gasteiger partial charge on any atom is 0.134 e. The Balaban J connectivity index is 1.49. The van der Waals surface area contributed by atoms with Crippen molar-refractivity contribution in [2.75, 3.05) is 0 Å². The number of hydrogen-bond acceptors (Lipinski definition) is 2. The predicted molar refractivity (Wildman–Crippen MR) is 95.2 cm³/mol. The summed E-state index contributed by atoms with van der Waals surface area (Å²) >= 11 is 0. The summed E-state index contributed by atoms with van der Waals surface area (Å²) in [4.78, 5) is 0. The molecule has 1 heterocycles. The van der Waals surface area contributed by atoms with Crippen molar-refractivity contribution in [1.29, 1.82) is 0 Å². The van der Waals surface area contributed by atoms with Gasteiger partial charge in [-0.3, -0.25) is 0 Å². The van der Waals surface area contributed by atoms with Crippen LogP contribution in [0.1, 0.15) is 24.7 Å². The van der Waals surface area contributed by atoms with E-state index in [-0.39, 0.29) is 5.82 Å². The number of hydrogen-bond donors (Lipinski definition) is 1. The van der Waals surface area contributed by atoms with Gasteiger partial charge in [-0.2, -0.15) is 0 Å². The van der Waals surface area contributed by atoms with Crippen LogP contribution in [0.3, 0.4) is 0 Å². The minimum Gasteiger partial charge on any atom is -0.460 e. The molecule has 3 rings (SSSR count). The Hall–Kier alpha value is -2.39. The molecule has 3 aromatic rings. The zero-order valence-electron chi connectivity index (χ0n) is 13.8. The molecule has 0 aliphatic carbocycles. The molecule has 0 spiro atoms. The van der Waals surface area contributed by atoms with E-state index < -0.39 is 0 Å². The van der Waals surface area contributed by atoms with Gasteiger partial charge < -0.3 is 9.73 Å². The van der Waals surface area contributed by atoms with E-state index in [9.17, 15) is 4.39 Å². The van der Waals surface area contributed by atoms with Crippen molar-refractivity contribution in [2.24, 2.45) is 0 Å². The van der Waals surface area contributed by atoms with Crippen LogP contribution in [0.2, 0.25) is 0 Å². The fourth-order valence-electron chi connectivity index (χ4n) is 2.65. The van der Waals surface area contributed by atoms with Crippen molar-refractivity contribution < 1.29 is 8.81 Å². The first-order valence-corrected chi connectivity index (χ1v) is 8.32. The molecule has 0 aliphatic rings. The molecule has 1 atom stereocenters. The fraction of sp³-hybridized carbons (Fsp3) is 0.238. The highest BCUT2D eigenvalue weighted by molar-refractivity contribution is 5.57. The van der Waals surface area contributed by atoms with E-state index in [1.54, 1.807) is 12.1 Å². The lowest BCUT2D eigenvalue weighted by Crippen LogP contribution is -2.25. The van der Waals surface area contributed by atoms with Crippen molar-refractivity contribution in [3.8, 4) is 11.3 Å². The molecule has 0 radical (unpaired) electrons. The summed E-state index contributed by atoms with van der Waals surface area (Å²) in [6, 6.07) is 21.2.